The van der Waals surface area contributed by atoms with E-state index in [9.17, 15) is 4.79 Å². The van der Waals surface area contributed by atoms with Crippen molar-refractivity contribution >= 4 is 28.5 Å². The highest BCUT2D eigenvalue weighted by Crippen LogP contribution is 2.32. The number of nitrogens with zero attached hydrogens (tertiary/aromatic N) is 3. The van der Waals surface area contributed by atoms with Crippen molar-refractivity contribution in [3.8, 4) is 16.9 Å². The molecule has 1 saturated heterocycles. The summed E-state index contributed by atoms with van der Waals surface area (Å²) in [6.45, 7) is 4.41. The molecule has 0 spiro atoms. The summed E-state index contributed by atoms with van der Waals surface area (Å²) in [5.74, 6) is -0.00319. The molecule has 8 N–H and O–H groups in total. The van der Waals surface area contributed by atoms with Gasteiger partial charge in [-0.25, -0.2) is 9.18 Å². The molecule has 0 saturated carbocycles. The predicted molar refractivity (Wildman–Crippen MR) is 186 cm³/mol. The maximum Gasteiger partial charge on any atom is 0.354 e. The SMILES string of the molecule is CCC[C@H](C[C@@H]1CCC[C@@H](c2ccc(-n3cc4cc(-c5cc(CCC[C@H](C)N)cc(Cl)c5F)[nH]c4nc3=O)cc2)N1)N=C(N)CN. The Morgan fingerprint density at radius 1 is 1.20 bits per heavy atom. The highest BCUT2D eigenvalue weighted by molar-refractivity contribution is 6.31. The molecule has 9 nitrogen and oxygen atoms in total. The van der Waals surface area contributed by atoms with Crippen LogP contribution in [0.5, 0.6) is 0 Å². The van der Waals surface area contributed by atoms with Gasteiger partial charge in [0.25, 0.3) is 0 Å². The minimum atomic E-state index is -0.512. The van der Waals surface area contributed by atoms with Crippen LogP contribution in [0.2, 0.25) is 5.02 Å². The topological polar surface area (TPSA) is 153 Å². The Kier molecular flexibility index (Phi) is 11.3. The number of hydrogen-bond donors (Lipinski definition) is 5. The van der Waals surface area contributed by atoms with E-state index in [0.717, 1.165) is 63.4 Å². The van der Waals surface area contributed by atoms with Crippen LogP contribution in [0.1, 0.15) is 82.4 Å². The number of aromatic amines is 1. The standard InChI is InChI=1S/C35H46ClFN8O/c1-3-6-25(42-32(40)19-38)18-26-9-5-10-30(41-26)23-11-13-27(14-12-23)45-20-24-17-31(43-34(24)44-35(45)46)28-15-22(8-4-7-21(2)39)16-29(36)33(28)37/h11-17,20-21,25-26,30,41H,3-10,18-19,38-39H2,1-2H3,(H2,40,42)(H,43,44,46)/t21-,25+,26-,30-/m0/s1. The van der Waals surface area contributed by atoms with Crippen LogP contribution in [0, 0.1) is 5.82 Å². The molecule has 246 valence electrons. The van der Waals surface area contributed by atoms with E-state index < -0.39 is 11.5 Å². The number of hydrogen-bond acceptors (Lipinski definition) is 6. The van der Waals surface area contributed by atoms with Crippen molar-refractivity contribution in [1.82, 2.24) is 19.9 Å². The summed E-state index contributed by atoms with van der Waals surface area (Å²) in [6, 6.07) is 14.1. The monoisotopic (exact) mass is 648 g/mol. The lowest BCUT2D eigenvalue weighted by Gasteiger charge is -2.33. The Morgan fingerprint density at radius 2 is 1.98 bits per heavy atom. The quantitative estimate of drug-likeness (QED) is 0.0899. The van der Waals surface area contributed by atoms with Crippen molar-refractivity contribution in [3.05, 3.63) is 81.1 Å². The number of aliphatic imine (C=N–C) groups is 1. The summed E-state index contributed by atoms with van der Waals surface area (Å²) in [7, 11) is 0. The second kappa shape index (κ2) is 15.3. The van der Waals surface area contributed by atoms with Gasteiger partial charge in [0.2, 0.25) is 0 Å². The van der Waals surface area contributed by atoms with Crippen LogP contribution in [-0.2, 0) is 6.42 Å². The molecule has 11 heteroatoms. The van der Waals surface area contributed by atoms with Gasteiger partial charge in [0, 0.05) is 35.3 Å². The van der Waals surface area contributed by atoms with Crippen LogP contribution in [0.15, 0.2) is 58.4 Å². The van der Waals surface area contributed by atoms with Gasteiger partial charge in [-0.15, -0.1) is 0 Å². The fraction of sp³-hybridized carbons (Fsp3) is 0.457. The van der Waals surface area contributed by atoms with E-state index in [0.29, 0.717) is 39.9 Å². The van der Waals surface area contributed by atoms with Crippen molar-refractivity contribution in [2.24, 2.45) is 22.2 Å². The molecular formula is C35H46ClFN8O. The molecule has 1 fully saturated rings. The van der Waals surface area contributed by atoms with E-state index in [-0.39, 0.29) is 29.7 Å². The molecular weight excluding hydrogens is 603 g/mol. The molecule has 1 aliphatic rings. The molecule has 0 aliphatic carbocycles. The summed E-state index contributed by atoms with van der Waals surface area (Å²) in [5.41, 5.74) is 21.1. The number of amidine groups is 1. The third kappa shape index (κ3) is 8.22. The van der Waals surface area contributed by atoms with Gasteiger partial charge in [0.1, 0.15) is 11.5 Å². The second-order valence-electron chi connectivity index (χ2n) is 12.6. The zero-order valence-electron chi connectivity index (χ0n) is 26.7. The van der Waals surface area contributed by atoms with Crippen LogP contribution >= 0.6 is 11.6 Å². The van der Waals surface area contributed by atoms with E-state index in [4.69, 9.17) is 28.8 Å². The zero-order valence-corrected chi connectivity index (χ0v) is 27.5. The van der Waals surface area contributed by atoms with E-state index >= 15 is 4.39 Å². The van der Waals surface area contributed by atoms with Gasteiger partial charge in [0.15, 0.2) is 5.82 Å². The number of fused-ring (bicyclic) bond motifs is 1. The number of rotatable bonds is 13. The molecule has 3 heterocycles. The number of aromatic nitrogens is 3. The average Bonchev–Trinajstić information content (AvgIpc) is 3.45. The summed E-state index contributed by atoms with van der Waals surface area (Å²) >= 11 is 6.27. The summed E-state index contributed by atoms with van der Waals surface area (Å²) in [4.78, 5) is 25.2. The van der Waals surface area contributed by atoms with Gasteiger partial charge >= 0.3 is 5.69 Å². The van der Waals surface area contributed by atoms with Gasteiger partial charge in [-0.05, 0) is 93.3 Å². The molecule has 2 aromatic carbocycles. The smallest absolute Gasteiger partial charge is 0.354 e. The van der Waals surface area contributed by atoms with E-state index in [2.05, 4.69) is 39.3 Å². The molecule has 0 unspecified atom stereocenters. The first-order valence-corrected chi connectivity index (χ1v) is 16.8. The number of benzene rings is 2. The lowest BCUT2D eigenvalue weighted by molar-refractivity contribution is 0.295. The minimum absolute atomic E-state index is 0.0592. The molecule has 0 bridgehead atoms. The summed E-state index contributed by atoms with van der Waals surface area (Å²) < 4.78 is 16.7. The van der Waals surface area contributed by atoms with Crippen LogP contribution in [0.4, 0.5) is 4.39 Å². The van der Waals surface area contributed by atoms with E-state index in [1.54, 1.807) is 24.4 Å². The summed E-state index contributed by atoms with van der Waals surface area (Å²) in [5, 5.41) is 4.57. The molecule has 0 amide bonds. The fourth-order valence-electron chi connectivity index (χ4n) is 6.46. The molecule has 46 heavy (non-hydrogen) atoms. The number of piperidine rings is 1. The number of halogens is 2. The first kappa shape index (κ1) is 33.8. The lowest BCUT2D eigenvalue weighted by Crippen LogP contribution is -2.39. The molecule has 1 aliphatic heterocycles. The van der Waals surface area contributed by atoms with Gasteiger partial charge < -0.3 is 27.5 Å². The molecule has 4 atom stereocenters. The van der Waals surface area contributed by atoms with Crippen LogP contribution in [0.25, 0.3) is 28.0 Å². The van der Waals surface area contributed by atoms with Crippen LogP contribution < -0.4 is 28.2 Å². The minimum Gasteiger partial charge on any atom is -0.386 e. The lowest BCUT2D eigenvalue weighted by atomic mass is 9.90. The molecule has 2 aromatic heterocycles. The Morgan fingerprint density at radius 3 is 2.70 bits per heavy atom. The Labute approximate surface area is 274 Å². The summed E-state index contributed by atoms with van der Waals surface area (Å²) in [6.07, 6.45) is 10.4. The zero-order chi connectivity index (χ0) is 32.8. The van der Waals surface area contributed by atoms with E-state index in [1.807, 2.05) is 19.1 Å². The number of H-pyrrole nitrogens is 1. The largest absolute Gasteiger partial charge is 0.386 e. The highest BCUT2D eigenvalue weighted by Gasteiger charge is 2.25. The second-order valence-corrected chi connectivity index (χ2v) is 13.0. The first-order valence-electron chi connectivity index (χ1n) is 16.4. The first-order chi connectivity index (χ1) is 22.1. The van der Waals surface area contributed by atoms with Crippen molar-refractivity contribution in [3.63, 3.8) is 0 Å². The third-order valence-electron chi connectivity index (χ3n) is 8.80. The molecule has 5 rings (SSSR count). The van der Waals surface area contributed by atoms with Crippen LogP contribution in [0.3, 0.4) is 0 Å². The number of aryl methyl sites for hydroxylation is 1. The van der Waals surface area contributed by atoms with Crippen molar-refractivity contribution < 1.29 is 4.39 Å². The van der Waals surface area contributed by atoms with Gasteiger partial charge in [0.05, 0.1) is 29.0 Å². The van der Waals surface area contributed by atoms with Gasteiger partial charge in [-0.2, -0.15) is 4.98 Å². The Balaban J connectivity index is 1.33. The highest BCUT2D eigenvalue weighted by atomic mass is 35.5. The Bertz CT molecular complexity index is 1710. The van der Waals surface area contributed by atoms with Crippen molar-refractivity contribution in [2.75, 3.05) is 6.54 Å². The van der Waals surface area contributed by atoms with Crippen molar-refractivity contribution in [1.29, 1.82) is 0 Å². The predicted octanol–water partition coefficient (Wildman–Crippen LogP) is 5.90. The van der Waals surface area contributed by atoms with E-state index in [1.165, 1.54) is 10.1 Å². The normalized spacial score (nSPS) is 18.6. The van der Waals surface area contributed by atoms with Gasteiger partial charge in [-0.3, -0.25) is 9.56 Å². The average molecular weight is 649 g/mol. The maximum absolute atomic E-state index is 15.2. The Hall–Kier alpha value is -3.57. The maximum atomic E-state index is 15.2. The van der Waals surface area contributed by atoms with Crippen molar-refractivity contribution in [2.45, 2.75) is 95.8 Å². The third-order valence-corrected chi connectivity index (χ3v) is 9.08. The van der Waals surface area contributed by atoms with Crippen LogP contribution in [-0.4, -0.2) is 45.0 Å². The van der Waals surface area contributed by atoms with Gasteiger partial charge in [-0.1, -0.05) is 43.5 Å². The number of nitrogens with one attached hydrogen (secondary N) is 2. The number of nitrogens with two attached hydrogens (primary N) is 3. The fourth-order valence-corrected chi connectivity index (χ4v) is 6.70. The molecule has 4 aromatic rings. The molecule has 0 radical (unpaired) electrons.